The highest BCUT2D eigenvalue weighted by Crippen LogP contribution is 2.32. The molecule has 2 N–H and O–H groups in total. The van der Waals surface area contributed by atoms with Crippen molar-refractivity contribution in [3.05, 3.63) is 76.4 Å². The number of benzene rings is 1. The highest BCUT2D eigenvalue weighted by Gasteiger charge is 2.34. The van der Waals surface area contributed by atoms with Crippen molar-refractivity contribution < 1.29 is 22.7 Å². The number of carbonyl (C=O) groups excluding carboxylic acids is 1. The number of nitrogens with one attached hydrogen (secondary N) is 1. The van der Waals surface area contributed by atoms with E-state index in [-0.39, 0.29) is 11.4 Å². The molecule has 2 heterocycles. The molecule has 1 amide bonds. The van der Waals surface area contributed by atoms with Crippen LogP contribution in [0.25, 0.3) is 0 Å². The zero-order valence-corrected chi connectivity index (χ0v) is 17.0. The summed E-state index contributed by atoms with van der Waals surface area (Å²) in [5, 5.41) is 15.7. The Morgan fingerprint density at radius 3 is 2.46 bits per heavy atom. The number of furan rings is 1. The molecule has 7 nitrogen and oxygen atoms in total. The number of sulfonamides is 1. The summed E-state index contributed by atoms with van der Waals surface area (Å²) in [4.78, 5) is 13.3. The van der Waals surface area contributed by atoms with Gasteiger partial charge in [0.2, 0.25) is 10.0 Å². The van der Waals surface area contributed by atoms with Crippen molar-refractivity contribution in [3.63, 3.8) is 0 Å². The van der Waals surface area contributed by atoms with Crippen molar-refractivity contribution in [1.82, 2.24) is 9.62 Å². The summed E-state index contributed by atoms with van der Waals surface area (Å²) in [7, 11) is -0.678. The van der Waals surface area contributed by atoms with Gasteiger partial charge in [-0.2, -0.15) is 0 Å². The van der Waals surface area contributed by atoms with Crippen molar-refractivity contribution in [3.8, 4) is 0 Å². The molecule has 0 spiro atoms. The Bertz CT molecular complexity index is 990. The Kier molecular flexibility index (Phi) is 5.71. The van der Waals surface area contributed by atoms with Crippen LogP contribution in [0.5, 0.6) is 0 Å². The first kappa shape index (κ1) is 20.3. The number of amides is 1. The number of nitrogens with zero attached hydrogens (tertiary/aromatic N) is 1. The van der Waals surface area contributed by atoms with Crippen LogP contribution in [0, 0.1) is 0 Å². The van der Waals surface area contributed by atoms with Crippen LogP contribution in [-0.2, 0) is 15.6 Å². The third kappa shape index (κ3) is 3.88. The van der Waals surface area contributed by atoms with E-state index >= 15 is 0 Å². The van der Waals surface area contributed by atoms with E-state index in [1.165, 1.54) is 62.2 Å². The van der Waals surface area contributed by atoms with Crippen molar-refractivity contribution >= 4 is 27.3 Å². The molecule has 9 heteroatoms. The maximum absolute atomic E-state index is 12.5. The van der Waals surface area contributed by atoms with Crippen LogP contribution in [0.15, 0.2) is 69.7 Å². The number of carbonyl (C=O) groups is 1. The summed E-state index contributed by atoms with van der Waals surface area (Å²) in [5.41, 5.74) is -0.605. The molecular formula is C19H20N2O5S2. The van der Waals surface area contributed by atoms with Crippen molar-refractivity contribution in [1.29, 1.82) is 0 Å². The van der Waals surface area contributed by atoms with Crippen LogP contribution in [0.3, 0.4) is 0 Å². The van der Waals surface area contributed by atoms with E-state index in [0.717, 1.165) is 4.31 Å². The molecule has 0 fully saturated rings. The number of hydrogen-bond acceptors (Lipinski definition) is 6. The van der Waals surface area contributed by atoms with Gasteiger partial charge in [-0.05, 0) is 41.8 Å². The molecule has 2 aromatic heterocycles. The molecule has 0 saturated heterocycles. The summed E-state index contributed by atoms with van der Waals surface area (Å²) in [6.07, 6.45) is 2.90. The molecule has 0 radical (unpaired) electrons. The van der Waals surface area contributed by atoms with Gasteiger partial charge in [-0.25, -0.2) is 12.7 Å². The Morgan fingerprint density at radius 2 is 1.93 bits per heavy atom. The van der Waals surface area contributed by atoms with Crippen molar-refractivity contribution in [2.24, 2.45) is 0 Å². The lowest BCUT2D eigenvalue weighted by Crippen LogP contribution is -2.41. The van der Waals surface area contributed by atoms with Gasteiger partial charge in [-0.1, -0.05) is 6.07 Å². The van der Waals surface area contributed by atoms with Gasteiger partial charge < -0.3 is 14.8 Å². The van der Waals surface area contributed by atoms with Gasteiger partial charge in [0, 0.05) is 30.1 Å². The molecule has 0 saturated carbocycles. The molecule has 28 heavy (non-hydrogen) atoms. The van der Waals surface area contributed by atoms with Crippen LogP contribution >= 0.6 is 11.3 Å². The third-order valence-electron chi connectivity index (χ3n) is 4.33. The van der Waals surface area contributed by atoms with E-state index in [1.54, 1.807) is 12.1 Å². The minimum absolute atomic E-state index is 0.0658. The first-order valence-corrected chi connectivity index (χ1v) is 10.7. The maximum Gasteiger partial charge on any atom is 0.251 e. The average Bonchev–Trinajstić information content (AvgIpc) is 3.40. The van der Waals surface area contributed by atoms with Crippen molar-refractivity contribution in [2.75, 3.05) is 20.6 Å². The molecule has 3 rings (SSSR count). The average molecular weight is 421 g/mol. The molecule has 1 atom stereocenters. The van der Waals surface area contributed by atoms with Gasteiger partial charge in [0.05, 0.1) is 24.0 Å². The molecule has 3 aromatic rings. The SMILES string of the molecule is CN(C)S(=O)(=O)c1ccc(C(=O)NCC(O)(c2ccoc2)c2cccs2)cc1. The summed E-state index contributed by atoms with van der Waals surface area (Å²) < 4.78 is 30.4. The lowest BCUT2D eigenvalue weighted by Gasteiger charge is -2.26. The van der Waals surface area contributed by atoms with Gasteiger partial charge in [-0.15, -0.1) is 11.3 Å². The Morgan fingerprint density at radius 1 is 1.21 bits per heavy atom. The first-order valence-electron chi connectivity index (χ1n) is 8.35. The predicted molar refractivity (Wildman–Crippen MR) is 106 cm³/mol. The summed E-state index contributed by atoms with van der Waals surface area (Å²) in [6, 6.07) is 10.9. The molecule has 0 aliphatic heterocycles. The number of hydrogen-bond donors (Lipinski definition) is 2. The van der Waals surface area contributed by atoms with Crippen LogP contribution in [0.4, 0.5) is 0 Å². The van der Waals surface area contributed by atoms with E-state index in [1.807, 2.05) is 11.4 Å². The van der Waals surface area contributed by atoms with Crippen LogP contribution < -0.4 is 5.32 Å². The van der Waals surface area contributed by atoms with Crippen molar-refractivity contribution in [2.45, 2.75) is 10.5 Å². The second-order valence-corrected chi connectivity index (χ2v) is 9.44. The van der Waals surface area contributed by atoms with E-state index in [2.05, 4.69) is 5.32 Å². The molecule has 0 aliphatic carbocycles. The fourth-order valence-corrected chi connectivity index (χ4v) is 4.39. The fraction of sp³-hybridized carbons (Fsp3) is 0.211. The van der Waals surface area contributed by atoms with Crippen LogP contribution in [-0.4, -0.2) is 44.4 Å². The smallest absolute Gasteiger partial charge is 0.251 e. The normalized spacial score (nSPS) is 14.0. The van der Waals surface area contributed by atoms with Gasteiger partial charge >= 0.3 is 0 Å². The predicted octanol–water partition coefficient (Wildman–Crippen LogP) is 2.26. The quantitative estimate of drug-likeness (QED) is 0.611. The highest BCUT2D eigenvalue weighted by molar-refractivity contribution is 7.89. The maximum atomic E-state index is 12.5. The fourth-order valence-electron chi connectivity index (χ4n) is 2.64. The lowest BCUT2D eigenvalue weighted by molar-refractivity contribution is 0.0714. The van der Waals surface area contributed by atoms with E-state index in [4.69, 9.17) is 4.42 Å². The Balaban J connectivity index is 1.77. The first-order chi connectivity index (χ1) is 13.2. The molecule has 1 aromatic carbocycles. The second kappa shape index (κ2) is 7.88. The largest absolute Gasteiger partial charge is 0.472 e. The standard InChI is InChI=1S/C19H20N2O5S2/c1-21(2)28(24,25)16-7-5-14(6-8-16)18(22)20-13-19(23,15-9-10-26-12-15)17-4-3-11-27-17/h3-12,23H,13H2,1-2H3,(H,20,22). The van der Waals surface area contributed by atoms with Crippen LogP contribution in [0.2, 0.25) is 0 Å². The second-order valence-electron chi connectivity index (χ2n) is 6.34. The van der Waals surface area contributed by atoms with Gasteiger partial charge in [-0.3, -0.25) is 4.79 Å². The minimum atomic E-state index is -3.56. The summed E-state index contributed by atoms with van der Waals surface area (Å²) in [6.45, 7) is -0.0658. The van der Waals surface area contributed by atoms with E-state index in [9.17, 15) is 18.3 Å². The Hall–Kier alpha value is -2.46. The monoisotopic (exact) mass is 420 g/mol. The molecular weight excluding hydrogens is 400 g/mol. The zero-order chi connectivity index (χ0) is 20.4. The highest BCUT2D eigenvalue weighted by atomic mass is 32.2. The third-order valence-corrected chi connectivity index (χ3v) is 7.18. The lowest BCUT2D eigenvalue weighted by atomic mass is 9.94. The van der Waals surface area contributed by atoms with Gasteiger partial charge in [0.25, 0.3) is 5.91 Å². The molecule has 1 unspecified atom stereocenters. The van der Waals surface area contributed by atoms with E-state index in [0.29, 0.717) is 16.0 Å². The minimum Gasteiger partial charge on any atom is -0.472 e. The number of rotatable bonds is 7. The zero-order valence-electron chi connectivity index (χ0n) is 15.3. The topological polar surface area (TPSA) is 99.9 Å². The number of thiophene rings is 1. The van der Waals surface area contributed by atoms with Gasteiger partial charge in [0.15, 0.2) is 0 Å². The van der Waals surface area contributed by atoms with Crippen LogP contribution in [0.1, 0.15) is 20.8 Å². The summed E-state index contributed by atoms with van der Waals surface area (Å²) in [5.74, 6) is -0.424. The van der Waals surface area contributed by atoms with Gasteiger partial charge in [0.1, 0.15) is 5.60 Å². The Labute approximate surface area is 167 Å². The summed E-state index contributed by atoms with van der Waals surface area (Å²) >= 11 is 1.37. The van der Waals surface area contributed by atoms with E-state index < -0.39 is 21.5 Å². The molecule has 148 valence electrons. The molecule has 0 bridgehead atoms. The number of aliphatic hydroxyl groups is 1. The molecule has 0 aliphatic rings.